The van der Waals surface area contributed by atoms with Gasteiger partial charge >= 0.3 is 0 Å². The number of H-pyrrole nitrogens is 1. The first kappa shape index (κ1) is 11.5. The van der Waals surface area contributed by atoms with E-state index in [0.29, 0.717) is 4.83 Å². The predicted octanol–water partition coefficient (Wildman–Crippen LogP) is 5.41. The molecule has 3 unspecified atom stereocenters. The number of fused-ring (bicyclic) bond motifs is 3. The molecular weight excluding hydrogens is 298 g/mol. The SMILES string of the molecule is CC1CC1C(Br)c1ccc2[nH]c3ccccc3c2c1. The molecule has 1 heterocycles. The van der Waals surface area contributed by atoms with Crippen LogP contribution in [0.3, 0.4) is 0 Å². The maximum Gasteiger partial charge on any atom is 0.0465 e. The van der Waals surface area contributed by atoms with Crippen LogP contribution in [-0.4, -0.2) is 4.98 Å². The summed E-state index contributed by atoms with van der Waals surface area (Å²) < 4.78 is 0. The lowest BCUT2D eigenvalue weighted by Gasteiger charge is -2.09. The molecule has 96 valence electrons. The molecule has 2 heteroatoms. The van der Waals surface area contributed by atoms with E-state index in [2.05, 4.69) is 70.3 Å². The molecule has 1 nitrogen and oxygen atoms in total. The molecular formula is C17H16BrN. The van der Waals surface area contributed by atoms with Gasteiger partial charge in [-0.3, -0.25) is 0 Å². The van der Waals surface area contributed by atoms with Gasteiger partial charge in [0.2, 0.25) is 0 Å². The Morgan fingerprint density at radius 2 is 1.84 bits per heavy atom. The van der Waals surface area contributed by atoms with Crippen molar-refractivity contribution in [2.24, 2.45) is 11.8 Å². The van der Waals surface area contributed by atoms with E-state index in [0.717, 1.165) is 11.8 Å². The zero-order valence-electron chi connectivity index (χ0n) is 10.9. The number of hydrogen-bond donors (Lipinski definition) is 1. The Balaban J connectivity index is 1.87. The van der Waals surface area contributed by atoms with Crippen LogP contribution in [0.1, 0.15) is 23.7 Å². The first-order valence-corrected chi connectivity index (χ1v) is 7.80. The Labute approximate surface area is 121 Å². The third-order valence-electron chi connectivity index (χ3n) is 4.40. The number of para-hydroxylation sites is 1. The number of benzene rings is 2. The molecule has 0 radical (unpaired) electrons. The van der Waals surface area contributed by atoms with Crippen LogP contribution in [-0.2, 0) is 0 Å². The smallest absolute Gasteiger partial charge is 0.0465 e. The van der Waals surface area contributed by atoms with Crippen molar-refractivity contribution in [2.75, 3.05) is 0 Å². The average Bonchev–Trinajstić information content (AvgIpc) is 3.05. The van der Waals surface area contributed by atoms with Gasteiger partial charge in [-0.05, 0) is 42.0 Å². The molecule has 0 spiro atoms. The summed E-state index contributed by atoms with van der Waals surface area (Å²) in [7, 11) is 0. The monoisotopic (exact) mass is 313 g/mol. The van der Waals surface area contributed by atoms with Crippen LogP contribution < -0.4 is 0 Å². The number of hydrogen-bond acceptors (Lipinski definition) is 0. The Kier molecular flexibility index (Phi) is 2.49. The van der Waals surface area contributed by atoms with Crippen molar-refractivity contribution in [3.8, 4) is 0 Å². The van der Waals surface area contributed by atoms with E-state index in [1.54, 1.807) is 0 Å². The Morgan fingerprint density at radius 3 is 2.63 bits per heavy atom. The van der Waals surface area contributed by atoms with Crippen molar-refractivity contribution in [3.05, 3.63) is 48.0 Å². The molecule has 3 atom stereocenters. The van der Waals surface area contributed by atoms with Gasteiger partial charge in [-0.2, -0.15) is 0 Å². The summed E-state index contributed by atoms with van der Waals surface area (Å²) in [6, 6.07) is 15.3. The maximum absolute atomic E-state index is 3.88. The summed E-state index contributed by atoms with van der Waals surface area (Å²) in [5, 5.41) is 2.66. The van der Waals surface area contributed by atoms with Gasteiger partial charge in [0, 0.05) is 26.6 Å². The summed E-state index contributed by atoms with van der Waals surface area (Å²) in [6.45, 7) is 2.34. The lowest BCUT2D eigenvalue weighted by Crippen LogP contribution is -1.93. The van der Waals surface area contributed by atoms with E-state index >= 15 is 0 Å². The normalized spacial score (nSPS) is 23.9. The molecule has 1 saturated carbocycles. The topological polar surface area (TPSA) is 15.8 Å². The number of aromatic nitrogens is 1. The van der Waals surface area contributed by atoms with Crippen molar-refractivity contribution >= 4 is 37.7 Å². The van der Waals surface area contributed by atoms with Gasteiger partial charge < -0.3 is 4.98 Å². The van der Waals surface area contributed by atoms with E-state index in [4.69, 9.17) is 0 Å². The molecule has 1 N–H and O–H groups in total. The molecule has 0 amide bonds. The van der Waals surface area contributed by atoms with Crippen LogP contribution >= 0.6 is 15.9 Å². The van der Waals surface area contributed by atoms with E-state index in [1.165, 1.54) is 33.8 Å². The third-order valence-corrected chi connectivity index (χ3v) is 5.60. The highest BCUT2D eigenvalue weighted by atomic mass is 79.9. The minimum absolute atomic E-state index is 0.501. The fraction of sp³-hybridized carbons (Fsp3) is 0.294. The number of halogens is 1. The van der Waals surface area contributed by atoms with Gasteiger partial charge in [-0.1, -0.05) is 47.1 Å². The molecule has 1 fully saturated rings. The van der Waals surface area contributed by atoms with E-state index in [1.807, 2.05) is 0 Å². The molecule has 4 rings (SSSR count). The molecule has 0 saturated heterocycles. The first-order valence-electron chi connectivity index (χ1n) is 6.88. The van der Waals surface area contributed by atoms with Gasteiger partial charge in [0.15, 0.2) is 0 Å². The Morgan fingerprint density at radius 1 is 1.11 bits per heavy atom. The molecule has 3 aromatic rings. The third kappa shape index (κ3) is 1.81. The van der Waals surface area contributed by atoms with E-state index in [9.17, 15) is 0 Å². The predicted molar refractivity (Wildman–Crippen MR) is 84.7 cm³/mol. The van der Waals surface area contributed by atoms with Crippen LogP contribution in [0.15, 0.2) is 42.5 Å². The lowest BCUT2D eigenvalue weighted by atomic mass is 10.0. The fourth-order valence-electron chi connectivity index (χ4n) is 3.04. The van der Waals surface area contributed by atoms with Crippen molar-refractivity contribution in [1.82, 2.24) is 4.98 Å². The van der Waals surface area contributed by atoms with Crippen molar-refractivity contribution in [3.63, 3.8) is 0 Å². The standard InChI is InChI=1S/C17H16BrN/c1-10-8-13(10)17(18)11-6-7-16-14(9-11)12-4-2-3-5-15(12)19-16/h2-7,9-10,13,17,19H,8H2,1H3. The lowest BCUT2D eigenvalue weighted by molar-refractivity contribution is 0.741. The van der Waals surface area contributed by atoms with E-state index < -0.39 is 0 Å². The van der Waals surface area contributed by atoms with Gasteiger partial charge in [-0.25, -0.2) is 0 Å². The number of aromatic amines is 1. The van der Waals surface area contributed by atoms with Crippen LogP contribution in [0.25, 0.3) is 21.8 Å². The quantitative estimate of drug-likeness (QED) is 0.608. The summed E-state index contributed by atoms with van der Waals surface area (Å²) in [4.78, 5) is 3.98. The van der Waals surface area contributed by atoms with Crippen molar-refractivity contribution in [1.29, 1.82) is 0 Å². The van der Waals surface area contributed by atoms with Crippen LogP contribution in [0, 0.1) is 11.8 Å². The average molecular weight is 314 g/mol. The van der Waals surface area contributed by atoms with Gasteiger partial charge in [0.1, 0.15) is 0 Å². The summed E-state index contributed by atoms with van der Waals surface area (Å²) in [6.07, 6.45) is 1.35. The largest absolute Gasteiger partial charge is 0.355 e. The highest BCUT2D eigenvalue weighted by Gasteiger charge is 2.38. The highest BCUT2D eigenvalue weighted by Crippen LogP contribution is 2.51. The second-order valence-electron chi connectivity index (χ2n) is 5.75. The minimum atomic E-state index is 0.501. The van der Waals surface area contributed by atoms with E-state index in [-0.39, 0.29) is 0 Å². The van der Waals surface area contributed by atoms with Crippen molar-refractivity contribution in [2.45, 2.75) is 18.2 Å². The van der Waals surface area contributed by atoms with Gasteiger partial charge in [0.25, 0.3) is 0 Å². The Hall–Kier alpha value is -1.28. The molecule has 1 aliphatic rings. The second kappa shape index (κ2) is 4.11. The van der Waals surface area contributed by atoms with Gasteiger partial charge in [-0.15, -0.1) is 0 Å². The van der Waals surface area contributed by atoms with Crippen LogP contribution in [0.2, 0.25) is 0 Å². The molecule has 2 aromatic carbocycles. The molecule has 1 aliphatic carbocycles. The summed E-state index contributed by atoms with van der Waals surface area (Å²) in [5.74, 6) is 1.67. The molecule has 1 aromatic heterocycles. The number of rotatable bonds is 2. The Bertz CT molecular complexity index is 758. The first-order chi connectivity index (χ1) is 9.24. The zero-order chi connectivity index (χ0) is 13.0. The van der Waals surface area contributed by atoms with Gasteiger partial charge in [0.05, 0.1) is 0 Å². The van der Waals surface area contributed by atoms with Crippen LogP contribution in [0.4, 0.5) is 0 Å². The number of nitrogens with one attached hydrogen (secondary N) is 1. The van der Waals surface area contributed by atoms with Crippen molar-refractivity contribution < 1.29 is 0 Å². The summed E-state index contributed by atoms with van der Waals surface area (Å²) in [5.41, 5.74) is 3.86. The summed E-state index contributed by atoms with van der Waals surface area (Å²) >= 11 is 3.88. The zero-order valence-corrected chi connectivity index (χ0v) is 12.4. The second-order valence-corrected chi connectivity index (χ2v) is 6.74. The molecule has 0 aliphatic heterocycles. The van der Waals surface area contributed by atoms with Crippen LogP contribution in [0.5, 0.6) is 0 Å². The maximum atomic E-state index is 3.88. The fourth-order valence-corrected chi connectivity index (χ4v) is 4.06. The minimum Gasteiger partial charge on any atom is -0.355 e. The molecule has 0 bridgehead atoms. The number of alkyl halides is 1. The molecule has 19 heavy (non-hydrogen) atoms. The highest BCUT2D eigenvalue weighted by molar-refractivity contribution is 9.09.